The maximum atomic E-state index is 4.62. The Morgan fingerprint density at radius 3 is 2.52 bits per heavy atom. The number of aromatic nitrogens is 2. The van der Waals surface area contributed by atoms with Crippen LogP contribution in [0.1, 0.15) is 58.4 Å². The summed E-state index contributed by atoms with van der Waals surface area (Å²) in [6.07, 6.45) is 5.57. The summed E-state index contributed by atoms with van der Waals surface area (Å²) in [6.45, 7) is 11.4. The molecule has 4 nitrogen and oxygen atoms in total. The zero-order valence-electron chi connectivity index (χ0n) is 14.2. The Balaban J connectivity index is 2.25. The average molecular weight is 290 g/mol. The van der Waals surface area contributed by atoms with Crippen molar-refractivity contribution in [1.29, 1.82) is 0 Å². The first-order chi connectivity index (χ1) is 10.0. The van der Waals surface area contributed by atoms with Crippen molar-refractivity contribution in [3.8, 4) is 0 Å². The van der Waals surface area contributed by atoms with E-state index in [4.69, 9.17) is 0 Å². The quantitative estimate of drug-likeness (QED) is 0.913. The predicted octanol–water partition coefficient (Wildman–Crippen LogP) is 3.90. The Labute approximate surface area is 129 Å². The Morgan fingerprint density at radius 2 is 1.90 bits per heavy atom. The van der Waals surface area contributed by atoms with Crippen LogP contribution in [0.5, 0.6) is 0 Å². The van der Waals surface area contributed by atoms with E-state index in [0.29, 0.717) is 5.92 Å². The highest BCUT2D eigenvalue weighted by atomic mass is 15.2. The Bertz CT molecular complexity index is 456. The fraction of sp³-hybridized carbons (Fsp3) is 0.765. The van der Waals surface area contributed by atoms with Crippen LogP contribution in [0, 0.1) is 11.8 Å². The lowest BCUT2D eigenvalue weighted by molar-refractivity contribution is 0.351. The first-order valence-electron chi connectivity index (χ1n) is 8.32. The molecule has 0 radical (unpaired) electrons. The average Bonchev–Trinajstić information content (AvgIpc) is 2.72. The number of rotatable bonds is 4. The van der Waals surface area contributed by atoms with E-state index in [-0.39, 0.29) is 0 Å². The third-order valence-electron chi connectivity index (χ3n) is 4.69. The lowest BCUT2D eigenvalue weighted by Crippen LogP contribution is -2.27. The van der Waals surface area contributed by atoms with Gasteiger partial charge in [0.1, 0.15) is 18.0 Å². The van der Waals surface area contributed by atoms with Crippen LogP contribution in [0.3, 0.4) is 0 Å². The molecule has 1 aliphatic rings. The topological polar surface area (TPSA) is 41.1 Å². The monoisotopic (exact) mass is 290 g/mol. The number of anilines is 2. The first kappa shape index (κ1) is 16.1. The number of hydrogen-bond acceptors (Lipinski definition) is 4. The Hall–Kier alpha value is -1.32. The van der Waals surface area contributed by atoms with Crippen LogP contribution in [0.4, 0.5) is 11.6 Å². The molecule has 2 heterocycles. The van der Waals surface area contributed by atoms with E-state index in [0.717, 1.165) is 36.6 Å². The van der Waals surface area contributed by atoms with Crippen molar-refractivity contribution in [2.75, 3.05) is 30.4 Å². The van der Waals surface area contributed by atoms with Gasteiger partial charge in [0.15, 0.2) is 0 Å². The SMILES string of the molecule is CNc1ncnc(N2CCCC(C(C)C)CC2)c1C(C)C. The number of hydrogen-bond donors (Lipinski definition) is 1. The summed E-state index contributed by atoms with van der Waals surface area (Å²) in [6, 6.07) is 0. The minimum Gasteiger partial charge on any atom is -0.373 e. The van der Waals surface area contributed by atoms with Crippen LogP contribution >= 0.6 is 0 Å². The second-order valence-corrected chi connectivity index (χ2v) is 6.79. The van der Waals surface area contributed by atoms with Crippen molar-refractivity contribution in [2.45, 2.75) is 52.9 Å². The molecule has 0 bridgehead atoms. The van der Waals surface area contributed by atoms with Gasteiger partial charge in [-0.05, 0) is 37.0 Å². The lowest BCUT2D eigenvalue weighted by atomic mass is 9.89. The zero-order valence-corrected chi connectivity index (χ0v) is 14.2. The van der Waals surface area contributed by atoms with E-state index in [1.165, 1.54) is 24.8 Å². The minimum absolute atomic E-state index is 0.424. The molecule has 1 N–H and O–H groups in total. The van der Waals surface area contributed by atoms with Gasteiger partial charge in [-0.1, -0.05) is 27.7 Å². The first-order valence-corrected chi connectivity index (χ1v) is 8.32. The van der Waals surface area contributed by atoms with Gasteiger partial charge in [-0.3, -0.25) is 0 Å². The molecule has 0 aromatic carbocycles. The second-order valence-electron chi connectivity index (χ2n) is 6.79. The molecule has 0 amide bonds. The van der Waals surface area contributed by atoms with Crippen molar-refractivity contribution in [3.63, 3.8) is 0 Å². The van der Waals surface area contributed by atoms with Gasteiger partial charge in [-0.15, -0.1) is 0 Å². The van der Waals surface area contributed by atoms with Gasteiger partial charge in [-0.2, -0.15) is 0 Å². The van der Waals surface area contributed by atoms with Crippen molar-refractivity contribution in [1.82, 2.24) is 9.97 Å². The number of nitrogens with one attached hydrogen (secondary N) is 1. The molecule has 0 aliphatic carbocycles. The molecule has 0 saturated carbocycles. The second kappa shape index (κ2) is 7.10. The van der Waals surface area contributed by atoms with Crippen molar-refractivity contribution < 1.29 is 0 Å². The Kier molecular flexibility index (Phi) is 5.43. The summed E-state index contributed by atoms with van der Waals surface area (Å²) in [5, 5.41) is 3.22. The van der Waals surface area contributed by atoms with Gasteiger partial charge in [-0.25, -0.2) is 9.97 Å². The molecule has 118 valence electrons. The van der Waals surface area contributed by atoms with Gasteiger partial charge >= 0.3 is 0 Å². The van der Waals surface area contributed by atoms with Gasteiger partial charge in [0.05, 0.1) is 0 Å². The largest absolute Gasteiger partial charge is 0.373 e. The summed E-state index contributed by atoms with van der Waals surface area (Å²) in [5.41, 5.74) is 1.25. The third kappa shape index (κ3) is 3.66. The molecule has 1 unspecified atom stereocenters. The van der Waals surface area contributed by atoms with E-state index in [1.54, 1.807) is 6.33 Å². The van der Waals surface area contributed by atoms with E-state index in [1.807, 2.05) is 7.05 Å². The van der Waals surface area contributed by atoms with E-state index in [2.05, 4.69) is 47.9 Å². The van der Waals surface area contributed by atoms with Gasteiger partial charge in [0.25, 0.3) is 0 Å². The van der Waals surface area contributed by atoms with E-state index in [9.17, 15) is 0 Å². The van der Waals surface area contributed by atoms with Crippen molar-refractivity contribution in [2.24, 2.45) is 11.8 Å². The number of nitrogens with zero attached hydrogens (tertiary/aromatic N) is 3. The summed E-state index contributed by atoms with van der Waals surface area (Å²) in [4.78, 5) is 11.5. The molecule has 0 spiro atoms. The van der Waals surface area contributed by atoms with Crippen molar-refractivity contribution >= 4 is 11.6 Å². The van der Waals surface area contributed by atoms with Crippen LogP contribution < -0.4 is 10.2 Å². The maximum absolute atomic E-state index is 4.62. The minimum atomic E-state index is 0.424. The van der Waals surface area contributed by atoms with Gasteiger partial charge in [0, 0.05) is 25.7 Å². The lowest BCUT2D eigenvalue weighted by Gasteiger charge is -2.26. The molecular formula is C17H30N4. The fourth-order valence-corrected chi connectivity index (χ4v) is 3.37. The predicted molar refractivity (Wildman–Crippen MR) is 90.1 cm³/mol. The fourth-order valence-electron chi connectivity index (χ4n) is 3.37. The van der Waals surface area contributed by atoms with Crippen molar-refractivity contribution in [3.05, 3.63) is 11.9 Å². The molecule has 1 aliphatic heterocycles. The molecule has 1 fully saturated rings. The van der Waals surface area contributed by atoms with Crippen LogP contribution in [0.25, 0.3) is 0 Å². The molecule has 2 rings (SSSR count). The Morgan fingerprint density at radius 1 is 1.14 bits per heavy atom. The van der Waals surface area contributed by atoms with E-state index < -0.39 is 0 Å². The molecule has 1 aromatic rings. The molecule has 1 aromatic heterocycles. The third-order valence-corrected chi connectivity index (χ3v) is 4.69. The highest BCUT2D eigenvalue weighted by molar-refractivity contribution is 5.60. The summed E-state index contributed by atoms with van der Waals surface area (Å²) >= 11 is 0. The maximum Gasteiger partial charge on any atom is 0.137 e. The summed E-state index contributed by atoms with van der Waals surface area (Å²) in [5.74, 6) is 4.16. The zero-order chi connectivity index (χ0) is 15.4. The highest BCUT2D eigenvalue weighted by Gasteiger charge is 2.24. The van der Waals surface area contributed by atoms with Crippen LogP contribution in [0.2, 0.25) is 0 Å². The van der Waals surface area contributed by atoms with Crippen LogP contribution in [-0.2, 0) is 0 Å². The molecule has 1 atom stereocenters. The standard InChI is InChI=1S/C17H30N4/c1-12(2)14-7-6-9-21(10-8-14)17-15(13(3)4)16(18-5)19-11-20-17/h11-14H,6-10H2,1-5H3,(H,18,19,20). The highest BCUT2D eigenvalue weighted by Crippen LogP contribution is 2.33. The summed E-state index contributed by atoms with van der Waals surface area (Å²) < 4.78 is 0. The van der Waals surface area contributed by atoms with Crippen LogP contribution in [0.15, 0.2) is 6.33 Å². The molecular weight excluding hydrogens is 260 g/mol. The molecule has 4 heteroatoms. The smallest absolute Gasteiger partial charge is 0.137 e. The van der Waals surface area contributed by atoms with E-state index >= 15 is 0 Å². The van der Waals surface area contributed by atoms with Gasteiger partial charge < -0.3 is 10.2 Å². The molecule has 1 saturated heterocycles. The van der Waals surface area contributed by atoms with Crippen LogP contribution in [-0.4, -0.2) is 30.1 Å². The summed E-state index contributed by atoms with van der Waals surface area (Å²) in [7, 11) is 1.94. The molecule has 21 heavy (non-hydrogen) atoms. The van der Waals surface area contributed by atoms with Gasteiger partial charge in [0.2, 0.25) is 0 Å². The normalized spacial score (nSPS) is 20.0.